The molecule has 3 amide bonds. The predicted octanol–water partition coefficient (Wildman–Crippen LogP) is 1.62. The summed E-state index contributed by atoms with van der Waals surface area (Å²) in [6.45, 7) is 1.58. The molecule has 2 aromatic rings. The molecule has 4 rings (SSSR count). The Kier molecular flexibility index (Phi) is 4.96. The molecule has 1 saturated heterocycles. The van der Waals surface area contributed by atoms with Gasteiger partial charge < -0.3 is 25.2 Å². The summed E-state index contributed by atoms with van der Waals surface area (Å²) in [7, 11) is 1.70. The van der Waals surface area contributed by atoms with Crippen molar-refractivity contribution in [1.82, 2.24) is 15.3 Å². The van der Waals surface area contributed by atoms with Crippen molar-refractivity contribution in [3.8, 4) is 5.75 Å². The van der Waals surface area contributed by atoms with Crippen LogP contribution in [0.5, 0.6) is 5.75 Å². The third-order valence-electron chi connectivity index (χ3n) is 4.93. The van der Waals surface area contributed by atoms with E-state index in [2.05, 4.69) is 25.5 Å². The smallest absolute Gasteiger partial charge is 0.319 e. The van der Waals surface area contributed by atoms with Crippen molar-refractivity contribution in [3.05, 3.63) is 36.8 Å². The van der Waals surface area contributed by atoms with Crippen LogP contribution in [0, 0.1) is 0 Å². The van der Waals surface area contributed by atoms with E-state index in [0.29, 0.717) is 23.7 Å². The minimum Gasteiger partial charge on any atom is -0.481 e. The van der Waals surface area contributed by atoms with Crippen LogP contribution in [0.4, 0.5) is 22.0 Å². The fourth-order valence-electron chi connectivity index (χ4n) is 3.47. The fraction of sp³-hybridized carbons (Fsp3) is 0.368. The second kappa shape index (κ2) is 7.71. The quantitative estimate of drug-likeness (QED) is 0.837. The number of anilines is 3. The van der Waals surface area contributed by atoms with Gasteiger partial charge in [0.25, 0.3) is 5.91 Å². The number of ether oxygens (including phenoxy) is 1. The van der Waals surface area contributed by atoms with E-state index in [-0.39, 0.29) is 24.6 Å². The largest absolute Gasteiger partial charge is 0.481 e. The molecule has 0 aliphatic carbocycles. The van der Waals surface area contributed by atoms with Gasteiger partial charge in [-0.15, -0.1) is 0 Å². The Labute approximate surface area is 162 Å². The molecular weight excluding hydrogens is 360 g/mol. The molecule has 9 heteroatoms. The van der Waals surface area contributed by atoms with Crippen molar-refractivity contribution in [1.29, 1.82) is 0 Å². The zero-order valence-corrected chi connectivity index (χ0v) is 15.6. The number of nitrogens with one attached hydrogen (secondary N) is 2. The first-order valence-corrected chi connectivity index (χ1v) is 9.22. The molecule has 146 valence electrons. The van der Waals surface area contributed by atoms with Gasteiger partial charge in [0.05, 0.1) is 11.9 Å². The summed E-state index contributed by atoms with van der Waals surface area (Å²) in [6, 6.07) is 4.99. The standard InChI is InChI=1S/C19H22N6O3/c1-24-15-5-4-13(9-16(15)28-12-18(24)26)22-19(27)23-14-3-2-8-25(11-14)17-10-20-6-7-21-17/h4-7,9-10,14H,2-3,8,11-12H2,1H3,(H2,22,23,27)/t14-/m0/s1. The van der Waals surface area contributed by atoms with Crippen LogP contribution in [0.2, 0.25) is 0 Å². The second-order valence-corrected chi connectivity index (χ2v) is 6.87. The molecule has 9 nitrogen and oxygen atoms in total. The lowest BCUT2D eigenvalue weighted by atomic mass is 10.1. The Balaban J connectivity index is 1.36. The number of amides is 3. The van der Waals surface area contributed by atoms with Gasteiger partial charge in [0, 0.05) is 50.3 Å². The molecule has 0 spiro atoms. The topological polar surface area (TPSA) is 99.7 Å². The van der Waals surface area contributed by atoms with E-state index in [1.54, 1.807) is 48.7 Å². The minimum atomic E-state index is -0.272. The van der Waals surface area contributed by atoms with Gasteiger partial charge in [-0.3, -0.25) is 9.78 Å². The fourth-order valence-corrected chi connectivity index (χ4v) is 3.47. The third-order valence-corrected chi connectivity index (χ3v) is 4.93. The van der Waals surface area contributed by atoms with E-state index in [1.807, 2.05) is 0 Å². The maximum atomic E-state index is 12.4. The number of urea groups is 1. The number of carbonyl (C=O) groups is 2. The number of benzene rings is 1. The van der Waals surface area contributed by atoms with Gasteiger partial charge in [0.1, 0.15) is 11.6 Å². The Morgan fingerprint density at radius 1 is 1.32 bits per heavy atom. The van der Waals surface area contributed by atoms with Gasteiger partial charge in [0.2, 0.25) is 0 Å². The number of hydrogen-bond donors (Lipinski definition) is 2. The molecule has 1 atom stereocenters. The molecule has 28 heavy (non-hydrogen) atoms. The lowest BCUT2D eigenvalue weighted by Crippen LogP contribution is -2.49. The summed E-state index contributed by atoms with van der Waals surface area (Å²) >= 11 is 0. The molecule has 0 unspecified atom stereocenters. The maximum Gasteiger partial charge on any atom is 0.319 e. The summed E-state index contributed by atoms with van der Waals surface area (Å²) in [5.74, 6) is 1.29. The van der Waals surface area contributed by atoms with Crippen LogP contribution in [0.25, 0.3) is 0 Å². The van der Waals surface area contributed by atoms with Gasteiger partial charge in [0.15, 0.2) is 6.61 Å². The van der Waals surface area contributed by atoms with Crippen molar-refractivity contribution in [2.24, 2.45) is 0 Å². The predicted molar refractivity (Wildman–Crippen MR) is 105 cm³/mol. The van der Waals surface area contributed by atoms with E-state index in [0.717, 1.165) is 25.2 Å². The summed E-state index contributed by atoms with van der Waals surface area (Å²) in [5.41, 5.74) is 1.30. The summed E-state index contributed by atoms with van der Waals surface area (Å²) in [4.78, 5) is 36.2. The SMILES string of the molecule is CN1C(=O)COc2cc(NC(=O)N[C@H]3CCCN(c4cnccn4)C3)ccc21. The van der Waals surface area contributed by atoms with Crippen molar-refractivity contribution < 1.29 is 14.3 Å². The normalized spacial score (nSPS) is 18.9. The van der Waals surface area contributed by atoms with Crippen molar-refractivity contribution >= 4 is 29.1 Å². The van der Waals surface area contributed by atoms with E-state index >= 15 is 0 Å². The molecule has 1 aromatic heterocycles. The summed E-state index contributed by atoms with van der Waals surface area (Å²) in [6.07, 6.45) is 6.92. The Bertz CT molecular complexity index is 875. The first kappa shape index (κ1) is 18.0. The van der Waals surface area contributed by atoms with Crippen LogP contribution in [0.1, 0.15) is 12.8 Å². The first-order valence-electron chi connectivity index (χ1n) is 9.22. The van der Waals surface area contributed by atoms with Gasteiger partial charge in [-0.2, -0.15) is 0 Å². The van der Waals surface area contributed by atoms with Gasteiger partial charge in [-0.25, -0.2) is 9.78 Å². The maximum absolute atomic E-state index is 12.4. The zero-order valence-electron chi connectivity index (χ0n) is 15.6. The Morgan fingerprint density at radius 2 is 2.21 bits per heavy atom. The zero-order chi connectivity index (χ0) is 19.5. The number of rotatable bonds is 3. The van der Waals surface area contributed by atoms with Crippen LogP contribution in [0.3, 0.4) is 0 Å². The van der Waals surface area contributed by atoms with E-state index < -0.39 is 0 Å². The molecule has 2 aliphatic rings. The molecule has 0 saturated carbocycles. The van der Waals surface area contributed by atoms with E-state index in [4.69, 9.17) is 4.74 Å². The molecule has 2 N–H and O–H groups in total. The Morgan fingerprint density at radius 3 is 3.04 bits per heavy atom. The minimum absolute atomic E-state index is 0.000558. The number of hydrogen-bond acceptors (Lipinski definition) is 6. The van der Waals surface area contributed by atoms with Crippen molar-refractivity contribution in [2.75, 3.05) is 41.9 Å². The lowest BCUT2D eigenvalue weighted by Gasteiger charge is -2.33. The molecular formula is C19H22N6O3. The van der Waals surface area contributed by atoms with Crippen LogP contribution in [-0.2, 0) is 4.79 Å². The molecule has 3 heterocycles. The highest BCUT2D eigenvalue weighted by molar-refractivity contribution is 5.98. The van der Waals surface area contributed by atoms with Crippen molar-refractivity contribution in [2.45, 2.75) is 18.9 Å². The number of carbonyl (C=O) groups excluding carboxylic acids is 2. The number of fused-ring (bicyclic) bond motifs is 1. The van der Waals surface area contributed by atoms with Crippen LogP contribution < -0.4 is 25.2 Å². The second-order valence-electron chi connectivity index (χ2n) is 6.87. The molecule has 0 radical (unpaired) electrons. The van der Waals surface area contributed by atoms with Gasteiger partial charge in [-0.1, -0.05) is 0 Å². The van der Waals surface area contributed by atoms with Crippen molar-refractivity contribution in [3.63, 3.8) is 0 Å². The van der Waals surface area contributed by atoms with E-state index in [1.165, 1.54) is 0 Å². The summed E-state index contributed by atoms with van der Waals surface area (Å²) in [5, 5.41) is 5.86. The lowest BCUT2D eigenvalue weighted by molar-refractivity contribution is -0.120. The highest BCUT2D eigenvalue weighted by Gasteiger charge is 2.24. The summed E-state index contributed by atoms with van der Waals surface area (Å²) < 4.78 is 5.46. The molecule has 1 aromatic carbocycles. The first-order chi connectivity index (χ1) is 13.6. The third kappa shape index (κ3) is 3.83. The van der Waals surface area contributed by atoms with E-state index in [9.17, 15) is 9.59 Å². The van der Waals surface area contributed by atoms with Crippen LogP contribution in [0.15, 0.2) is 36.8 Å². The molecule has 0 bridgehead atoms. The monoisotopic (exact) mass is 382 g/mol. The average Bonchev–Trinajstić information content (AvgIpc) is 2.71. The van der Waals surface area contributed by atoms with Crippen LogP contribution >= 0.6 is 0 Å². The number of aromatic nitrogens is 2. The number of piperidine rings is 1. The Hall–Kier alpha value is -3.36. The molecule has 2 aliphatic heterocycles. The molecule has 1 fully saturated rings. The highest BCUT2D eigenvalue weighted by Crippen LogP contribution is 2.33. The van der Waals surface area contributed by atoms with Gasteiger partial charge >= 0.3 is 6.03 Å². The van der Waals surface area contributed by atoms with Gasteiger partial charge in [-0.05, 0) is 25.0 Å². The number of nitrogens with zero attached hydrogens (tertiary/aromatic N) is 4. The highest BCUT2D eigenvalue weighted by atomic mass is 16.5. The average molecular weight is 382 g/mol. The van der Waals surface area contributed by atoms with Crippen LogP contribution in [-0.4, -0.2) is 54.7 Å². The number of likely N-dealkylation sites (N-methyl/N-ethyl adjacent to an activating group) is 1.